The predicted octanol–water partition coefficient (Wildman–Crippen LogP) is 10.3. The van der Waals surface area contributed by atoms with E-state index in [2.05, 4.69) is 102 Å². The van der Waals surface area contributed by atoms with E-state index in [1.54, 1.807) is 0 Å². The van der Waals surface area contributed by atoms with Crippen LogP contribution in [0.15, 0.2) is 78.9 Å². The van der Waals surface area contributed by atoms with Gasteiger partial charge in [0.25, 0.3) is 0 Å². The predicted molar refractivity (Wildman–Crippen MR) is 183 cm³/mol. The first-order valence-corrected chi connectivity index (χ1v) is 17.4. The fourth-order valence-electron chi connectivity index (χ4n) is 7.40. The molecule has 4 aromatic rings. The van der Waals surface area contributed by atoms with E-state index >= 15 is 0 Å². The van der Waals surface area contributed by atoms with E-state index in [9.17, 15) is 0 Å². The highest BCUT2D eigenvalue weighted by atomic mass is 16.5. The lowest BCUT2D eigenvalue weighted by Gasteiger charge is -2.37. The molecule has 3 aromatic carbocycles. The Labute approximate surface area is 265 Å². The van der Waals surface area contributed by atoms with Gasteiger partial charge in [-0.3, -0.25) is 4.90 Å². The molecule has 2 heterocycles. The molecule has 6 rings (SSSR count). The molecule has 0 amide bonds. The van der Waals surface area contributed by atoms with Crippen LogP contribution in [0.1, 0.15) is 101 Å². The third-order valence-electron chi connectivity index (χ3n) is 9.77. The second-order valence-electron chi connectivity index (χ2n) is 13.0. The molecule has 4 nitrogen and oxygen atoms in total. The van der Waals surface area contributed by atoms with Crippen molar-refractivity contribution in [2.75, 3.05) is 13.2 Å². The standard InChI is InChI=1S/C40H51N3O/c1-3-5-22-36(42(29-31-16-10-7-11-17-31)30-32-23-24-33-25-27-44-37(33)28-32)39-38(34-18-12-8-13-19-34)41-40(43(39)26-6-4-2)35-20-14-9-15-21-35/h8-9,12-15,18-21,23-24,28,31,36H,3-7,10-11,16-17,22,25-27,29-30H2,1-2H3/t36-/m0/s1. The first-order chi connectivity index (χ1) is 21.7. The molecular weight excluding hydrogens is 538 g/mol. The lowest BCUT2D eigenvalue weighted by Crippen LogP contribution is -2.35. The Morgan fingerprint density at radius 2 is 1.59 bits per heavy atom. The van der Waals surface area contributed by atoms with Crippen LogP contribution in [0, 0.1) is 5.92 Å². The van der Waals surface area contributed by atoms with Gasteiger partial charge in [0.1, 0.15) is 11.6 Å². The highest BCUT2D eigenvalue weighted by Crippen LogP contribution is 2.40. The SMILES string of the molecule is CCCC[C@@H](c1c(-c2ccccc2)nc(-c2ccccc2)n1CCCC)N(Cc1ccc2c(c1)OCC2)CC1CCCCC1. The topological polar surface area (TPSA) is 30.3 Å². The summed E-state index contributed by atoms with van der Waals surface area (Å²) in [7, 11) is 0. The van der Waals surface area contributed by atoms with Crippen LogP contribution in [-0.4, -0.2) is 27.6 Å². The molecule has 0 N–H and O–H groups in total. The second-order valence-corrected chi connectivity index (χ2v) is 13.0. The van der Waals surface area contributed by atoms with E-state index in [1.165, 1.54) is 72.9 Å². The van der Waals surface area contributed by atoms with Crippen LogP contribution in [0.5, 0.6) is 5.75 Å². The van der Waals surface area contributed by atoms with E-state index in [1.807, 2.05) is 0 Å². The van der Waals surface area contributed by atoms with Crippen molar-refractivity contribution in [3.05, 3.63) is 95.7 Å². The summed E-state index contributed by atoms with van der Waals surface area (Å²) in [6.07, 6.45) is 13.7. The molecule has 0 spiro atoms. The van der Waals surface area contributed by atoms with Gasteiger partial charge >= 0.3 is 0 Å². The highest BCUT2D eigenvalue weighted by molar-refractivity contribution is 5.69. The van der Waals surface area contributed by atoms with Crippen LogP contribution >= 0.6 is 0 Å². The van der Waals surface area contributed by atoms with Crippen LogP contribution in [0.3, 0.4) is 0 Å². The van der Waals surface area contributed by atoms with E-state index in [0.29, 0.717) is 0 Å². The van der Waals surface area contributed by atoms with Crippen LogP contribution in [-0.2, 0) is 19.5 Å². The van der Waals surface area contributed by atoms with Crippen LogP contribution < -0.4 is 4.74 Å². The average Bonchev–Trinajstić information content (AvgIpc) is 3.70. The number of rotatable bonds is 14. The van der Waals surface area contributed by atoms with Gasteiger partial charge in [-0.1, -0.05) is 125 Å². The first kappa shape index (κ1) is 30.6. The molecule has 4 heteroatoms. The number of imidazole rings is 1. The maximum Gasteiger partial charge on any atom is 0.140 e. The van der Waals surface area contributed by atoms with Gasteiger partial charge < -0.3 is 9.30 Å². The van der Waals surface area contributed by atoms with Crippen LogP contribution in [0.25, 0.3) is 22.6 Å². The number of hydrogen-bond acceptors (Lipinski definition) is 3. The van der Waals surface area contributed by atoms with Gasteiger partial charge in [0, 0.05) is 37.2 Å². The lowest BCUT2D eigenvalue weighted by atomic mass is 9.87. The molecular formula is C40H51N3O. The summed E-state index contributed by atoms with van der Waals surface area (Å²) in [4.78, 5) is 8.38. The number of ether oxygens (including phenoxy) is 1. The molecule has 1 aliphatic heterocycles. The van der Waals surface area contributed by atoms with Gasteiger partial charge in [-0.15, -0.1) is 0 Å². The van der Waals surface area contributed by atoms with Gasteiger partial charge in [0.15, 0.2) is 0 Å². The zero-order valence-corrected chi connectivity index (χ0v) is 27.0. The maximum atomic E-state index is 6.04. The molecule has 0 unspecified atom stereocenters. The van der Waals surface area contributed by atoms with Crippen molar-refractivity contribution in [3.63, 3.8) is 0 Å². The van der Waals surface area contributed by atoms with Gasteiger partial charge in [0.05, 0.1) is 24.0 Å². The van der Waals surface area contributed by atoms with Gasteiger partial charge in [-0.25, -0.2) is 4.98 Å². The summed E-state index contributed by atoms with van der Waals surface area (Å²) in [6, 6.07) is 29.1. The molecule has 1 atom stereocenters. The van der Waals surface area contributed by atoms with E-state index < -0.39 is 0 Å². The van der Waals surface area contributed by atoms with Crippen molar-refractivity contribution >= 4 is 0 Å². The molecule has 1 fully saturated rings. The summed E-state index contributed by atoms with van der Waals surface area (Å²) in [5.41, 5.74) is 7.72. The Hall–Kier alpha value is -3.37. The number of hydrogen-bond donors (Lipinski definition) is 0. The summed E-state index contributed by atoms with van der Waals surface area (Å²) in [5, 5.41) is 0. The molecule has 0 saturated heterocycles. The molecule has 1 aromatic heterocycles. The number of benzene rings is 3. The summed E-state index contributed by atoms with van der Waals surface area (Å²) >= 11 is 0. The summed E-state index contributed by atoms with van der Waals surface area (Å²) in [5.74, 6) is 2.95. The van der Waals surface area contributed by atoms with Crippen LogP contribution in [0.4, 0.5) is 0 Å². The number of fused-ring (bicyclic) bond motifs is 1. The molecule has 44 heavy (non-hydrogen) atoms. The molecule has 1 saturated carbocycles. The second kappa shape index (κ2) is 15.1. The third-order valence-corrected chi connectivity index (χ3v) is 9.77. The molecule has 0 radical (unpaired) electrons. The van der Waals surface area contributed by atoms with Crippen molar-refractivity contribution in [2.45, 2.75) is 104 Å². The fourth-order valence-corrected chi connectivity index (χ4v) is 7.40. The minimum Gasteiger partial charge on any atom is -0.493 e. The Bertz CT molecular complexity index is 1450. The van der Waals surface area contributed by atoms with Gasteiger partial charge in [-0.05, 0) is 48.8 Å². The van der Waals surface area contributed by atoms with E-state index in [0.717, 1.165) is 75.1 Å². The summed E-state index contributed by atoms with van der Waals surface area (Å²) in [6.45, 7) is 8.51. The third kappa shape index (κ3) is 7.12. The lowest BCUT2D eigenvalue weighted by molar-refractivity contribution is 0.127. The van der Waals surface area contributed by atoms with Crippen molar-refractivity contribution in [1.82, 2.24) is 14.5 Å². The monoisotopic (exact) mass is 589 g/mol. The van der Waals surface area contributed by atoms with Crippen molar-refractivity contribution in [3.8, 4) is 28.4 Å². The molecule has 232 valence electrons. The fraction of sp³-hybridized carbons (Fsp3) is 0.475. The van der Waals surface area contributed by atoms with E-state index in [-0.39, 0.29) is 6.04 Å². The number of aromatic nitrogens is 2. The van der Waals surface area contributed by atoms with Crippen molar-refractivity contribution < 1.29 is 4.74 Å². The highest BCUT2D eigenvalue weighted by Gasteiger charge is 2.32. The zero-order chi connectivity index (χ0) is 30.1. The van der Waals surface area contributed by atoms with Gasteiger partial charge in [0.2, 0.25) is 0 Å². The minimum atomic E-state index is 0.281. The first-order valence-electron chi connectivity index (χ1n) is 17.4. The quantitative estimate of drug-likeness (QED) is 0.147. The minimum absolute atomic E-state index is 0.281. The molecule has 1 aliphatic carbocycles. The van der Waals surface area contributed by atoms with Gasteiger partial charge in [-0.2, -0.15) is 0 Å². The largest absolute Gasteiger partial charge is 0.493 e. The summed E-state index contributed by atoms with van der Waals surface area (Å²) < 4.78 is 8.65. The Kier molecular flexibility index (Phi) is 10.5. The Morgan fingerprint density at radius 1 is 0.864 bits per heavy atom. The van der Waals surface area contributed by atoms with E-state index in [4.69, 9.17) is 9.72 Å². The van der Waals surface area contributed by atoms with Crippen molar-refractivity contribution in [2.24, 2.45) is 5.92 Å². The van der Waals surface area contributed by atoms with Crippen LogP contribution in [0.2, 0.25) is 0 Å². The normalized spacial score (nSPS) is 15.8. The number of unbranched alkanes of at least 4 members (excludes halogenated alkanes) is 2. The molecule has 0 bridgehead atoms. The maximum absolute atomic E-state index is 6.04. The average molecular weight is 590 g/mol. The Balaban J connectivity index is 1.50. The number of nitrogens with zero attached hydrogens (tertiary/aromatic N) is 3. The van der Waals surface area contributed by atoms with Crippen molar-refractivity contribution in [1.29, 1.82) is 0 Å². The Morgan fingerprint density at radius 3 is 2.32 bits per heavy atom. The smallest absolute Gasteiger partial charge is 0.140 e. The molecule has 2 aliphatic rings. The zero-order valence-electron chi connectivity index (χ0n) is 27.0.